The fourth-order valence-corrected chi connectivity index (χ4v) is 1.46. The third kappa shape index (κ3) is 2.94. The highest BCUT2D eigenvalue weighted by Crippen LogP contribution is 2.22. The van der Waals surface area contributed by atoms with Gasteiger partial charge in [0, 0.05) is 6.42 Å². The van der Waals surface area contributed by atoms with Crippen LogP contribution in [-0.2, 0) is 9.63 Å². The molecule has 1 aliphatic rings. The number of hydrogen-bond donors (Lipinski definition) is 2. The van der Waals surface area contributed by atoms with E-state index in [9.17, 15) is 9.90 Å². The van der Waals surface area contributed by atoms with Gasteiger partial charge in [-0.3, -0.25) is 9.63 Å². The fourth-order valence-electron chi connectivity index (χ4n) is 1.46. The minimum absolute atomic E-state index is 0.228. The second kappa shape index (κ2) is 3.84. The summed E-state index contributed by atoms with van der Waals surface area (Å²) in [6, 6.07) is -0.732. The van der Waals surface area contributed by atoms with Crippen LogP contribution in [0.2, 0.25) is 0 Å². The molecule has 1 fully saturated rings. The molecule has 0 aliphatic carbocycles. The van der Waals surface area contributed by atoms with Gasteiger partial charge in [-0.2, -0.15) is 5.06 Å². The van der Waals surface area contributed by atoms with Gasteiger partial charge in [-0.05, 0) is 20.8 Å². The zero-order valence-electron chi connectivity index (χ0n) is 8.73. The molecule has 1 aliphatic heterocycles. The number of aliphatic hydroxyl groups is 1. The van der Waals surface area contributed by atoms with E-state index in [1.54, 1.807) is 0 Å². The first-order chi connectivity index (χ1) is 6.29. The van der Waals surface area contributed by atoms with Gasteiger partial charge in [-0.1, -0.05) is 0 Å². The first-order valence-corrected chi connectivity index (χ1v) is 4.66. The molecule has 14 heavy (non-hydrogen) atoms. The Labute approximate surface area is 83.2 Å². The molecular formula is C9H17NO4. The van der Waals surface area contributed by atoms with Crippen molar-refractivity contribution in [3.05, 3.63) is 0 Å². The molecule has 0 bridgehead atoms. The lowest BCUT2D eigenvalue weighted by atomic mass is 10.2. The van der Waals surface area contributed by atoms with Gasteiger partial charge >= 0.3 is 5.97 Å². The molecule has 0 aromatic heterocycles. The van der Waals surface area contributed by atoms with E-state index in [4.69, 9.17) is 9.94 Å². The molecule has 0 amide bonds. The van der Waals surface area contributed by atoms with Crippen molar-refractivity contribution in [2.24, 2.45) is 0 Å². The van der Waals surface area contributed by atoms with Crippen LogP contribution in [0.3, 0.4) is 0 Å². The lowest BCUT2D eigenvalue weighted by Crippen LogP contribution is -2.41. The Hall–Kier alpha value is -0.650. The molecule has 82 valence electrons. The van der Waals surface area contributed by atoms with E-state index in [2.05, 4.69) is 0 Å². The molecule has 2 atom stereocenters. The maximum atomic E-state index is 10.8. The molecule has 2 N–H and O–H groups in total. The molecule has 1 heterocycles. The normalized spacial score (nSPS) is 29.4. The molecular weight excluding hydrogens is 186 g/mol. The van der Waals surface area contributed by atoms with Gasteiger partial charge in [0.05, 0.1) is 18.2 Å². The number of carboxylic acids is 1. The minimum Gasteiger partial charge on any atom is -0.480 e. The lowest BCUT2D eigenvalue weighted by molar-refractivity contribution is -0.239. The summed E-state index contributed by atoms with van der Waals surface area (Å²) in [6.45, 7) is 5.79. The van der Waals surface area contributed by atoms with Crippen molar-refractivity contribution in [1.29, 1.82) is 0 Å². The largest absolute Gasteiger partial charge is 0.480 e. The maximum absolute atomic E-state index is 10.8. The molecule has 0 radical (unpaired) electrons. The molecule has 5 nitrogen and oxygen atoms in total. The van der Waals surface area contributed by atoms with Crippen LogP contribution in [0.15, 0.2) is 0 Å². The number of rotatable bonds is 2. The second-order valence-electron chi connectivity index (χ2n) is 4.55. The Kier molecular flexibility index (Phi) is 3.14. The Morgan fingerprint density at radius 1 is 1.50 bits per heavy atom. The van der Waals surface area contributed by atoms with Gasteiger partial charge < -0.3 is 10.2 Å². The number of hydrogen-bond acceptors (Lipinski definition) is 4. The SMILES string of the molecule is CC(C)(C)ON1CC(O)CC1C(=O)O. The Bertz CT molecular complexity index is 223. The number of nitrogens with zero attached hydrogens (tertiary/aromatic N) is 1. The quantitative estimate of drug-likeness (QED) is 0.672. The van der Waals surface area contributed by atoms with Gasteiger partial charge in [0.1, 0.15) is 6.04 Å². The van der Waals surface area contributed by atoms with Crippen molar-refractivity contribution >= 4 is 5.97 Å². The highest BCUT2D eigenvalue weighted by atomic mass is 16.7. The van der Waals surface area contributed by atoms with Crippen LogP contribution in [0.1, 0.15) is 27.2 Å². The van der Waals surface area contributed by atoms with E-state index in [1.807, 2.05) is 20.8 Å². The van der Waals surface area contributed by atoms with Crippen LogP contribution in [0.25, 0.3) is 0 Å². The average Bonchev–Trinajstić information content (AvgIpc) is 2.27. The van der Waals surface area contributed by atoms with Gasteiger partial charge in [0.15, 0.2) is 0 Å². The predicted octanol–water partition coefficient (Wildman–Crippen LogP) is 0.236. The summed E-state index contributed by atoms with van der Waals surface area (Å²) >= 11 is 0. The Morgan fingerprint density at radius 2 is 2.07 bits per heavy atom. The van der Waals surface area contributed by atoms with Gasteiger partial charge in [-0.15, -0.1) is 0 Å². The summed E-state index contributed by atoms with van der Waals surface area (Å²) in [5, 5.41) is 19.6. The minimum atomic E-state index is -0.953. The highest BCUT2D eigenvalue weighted by Gasteiger charge is 2.38. The van der Waals surface area contributed by atoms with Crippen molar-refractivity contribution in [3.8, 4) is 0 Å². The van der Waals surface area contributed by atoms with E-state index in [-0.39, 0.29) is 13.0 Å². The second-order valence-corrected chi connectivity index (χ2v) is 4.55. The van der Waals surface area contributed by atoms with Crippen LogP contribution >= 0.6 is 0 Å². The smallest absolute Gasteiger partial charge is 0.323 e. The van der Waals surface area contributed by atoms with Gasteiger partial charge in [0.2, 0.25) is 0 Å². The number of carboxylic acid groups (broad SMARTS) is 1. The van der Waals surface area contributed by atoms with E-state index in [0.717, 1.165) is 0 Å². The average molecular weight is 203 g/mol. The van der Waals surface area contributed by atoms with Crippen LogP contribution in [-0.4, -0.2) is 45.5 Å². The van der Waals surface area contributed by atoms with Crippen LogP contribution in [0, 0.1) is 0 Å². The highest BCUT2D eigenvalue weighted by molar-refractivity contribution is 5.73. The summed E-state index contributed by atoms with van der Waals surface area (Å²) in [7, 11) is 0. The molecule has 0 aromatic carbocycles. The molecule has 0 saturated carbocycles. The summed E-state index contributed by atoms with van der Waals surface area (Å²) in [4.78, 5) is 16.2. The predicted molar refractivity (Wildman–Crippen MR) is 49.6 cm³/mol. The Morgan fingerprint density at radius 3 is 2.50 bits per heavy atom. The maximum Gasteiger partial charge on any atom is 0.323 e. The molecule has 2 unspecified atom stereocenters. The van der Waals surface area contributed by atoms with Crippen molar-refractivity contribution in [2.45, 2.75) is 44.9 Å². The fraction of sp³-hybridized carbons (Fsp3) is 0.889. The zero-order chi connectivity index (χ0) is 10.9. The van der Waals surface area contributed by atoms with Crippen molar-refractivity contribution in [3.63, 3.8) is 0 Å². The topological polar surface area (TPSA) is 70.0 Å². The van der Waals surface area contributed by atoms with Crippen LogP contribution in [0.5, 0.6) is 0 Å². The summed E-state index contributed by atoms with van der Waals surface area (Å²) < 4.78 is 0. The van der Waals surface area contributed by atoms with Crippen molar-refractivity contribution < 1.29 is 19.8 Å². The molecule has 0 aromatic rings. The van der Waals surface area contributed by atoms with E-state index < -0.39 is 23.7 Å². The number of carbonyl (C=O) groups is 1. The first-order valence-electron chi connectivity index (χ1n) is 4.66. The standard InChI is InChI=1S/C9H17NO4/c1-9(2,3)14-10-5-6(11)4-7(10)8(12)13/h6-7,11H,4-5H2,1-3H3,(H,12,13). The molecule has 1 saturated heterocycles. The third-order valence-electron chi connectivity index (χ3n) is 1.91. The third-order valence-corrected chi connectivity index (χ3v) is 1.91. The summed E-state index contributed by atoms with van der Waals surface area (Å²) in [5.41, 5.74) is -0.433. The van der Waals surface area contributed by atoms with Crippen LogP contribution < -0.4 is 0 Å². The van der Waals surface area contributed by atoms with Crippen molar-refractivity contribution in [1.82, 2.24) is 5.06 Å². The lowest BCUT2D eigenvalue weighted by Gasteiger charge is -2.29. The molecule has 5 heteroatoms. The van der Waals surface area contributed by atoms with E-state index >= 15 is 0 Å². The number of hydroxylamine groups is 2. The molecule has 0 spiro atoms. The number of β-amino-alcohol motifs (C(OH)–C–C–N with tert-alkyl or cyclic N) is 1. The van der Waals surface area contributed by atoms with Gasteiger partial charge in [-0.25, -0.2) is 0 Å². The van der Waals surface area contributed by atoms with Gasteiger partial charge in [0.25, 0.3) is 0 Å². The van der Waals surface area contributed by atoms with Crippen molar-refractivity contribution in [2.75, 3.05) is 6.54 Å². The van der Waals surface area contributed by atoms with E-state index in [1.165, 1.54) is 5.06 Å². The Balaban J connectivity index is 2.62. The zero-order valence-corrected chi connectivity index (χ0v) is 8.73. The monoisotopic (exact) mass is 203 g/mol. The number of aliphatic carboxylic acids is 1. The first kappa shape index (κ1) is 11.4. The van der Waals surface area contributed by atoms with E-state index in [0.29, 0.717) is 0 Å². The number of aliphatic hydroxyl groups excluding tert-OH is 1. The summed E-state index contributed by atoms with van der Waals surface area (Å²) in [6.07, 6.45) is -0.385. The van der Waals surface area contributed by atoms with Crippen LogP contribution in [0.4, 0.5) is 0 Å². The molecule has 1 rings (SSSR count). The summed E-state index contributed by atoms with van der Waals surface area (Å²) in [5.74, 6) is -0.953.